The van der Waals surface area contributed by atoms with Crippen LogP contribution in [0.1, 0.15) is 38.2 Å². The number of nitrogens with zero attached hydrogens (tertiary/aromatic N) is 1. The molecular formula is C16H21N. The van der Waals surface area contributed by atoms with Crippen molar-refractivity contribution >= 4 is 0 Å². The van der Waals surface area contributed by atoms with Crippen molar-refractivity contribution in [1.82, 2.24) is 4.98 Å². The Morgan fingerprint density at radius 1 is 1.24 bits per heavy atom. The molecule has 1 unspecified atom stereocenters. The maximum Gasteiger partial charge on any atom is 0.0270 e. The lowest BCUT2D eigenvalue weighted by atomic mass is 9.73. The van der Waals surface area contributed by atoms with Gasteiger partial charge in [0.15, 0.2) is 0 Å². The first kappa shape index (κ1) is 12.1. The second kappa shape index (κ2) is 5.81. The van der Waals surface area contributed by atoms with E-state index in [-0.39, 0.29) is 0 Å². The van der Waals surface area contributed by atoms with E-state index in [0.717, 1.165) is 6.42 Å². The van der Waals surface area contributed by atoms with Crippen LogP contribution >= 0.6 is 0 Å². The highest BCUT2D eigenvalue weighted by molar-refractivity contribution is 5.22. The van der Waals surface area contributed by atoms with Gasteiger partial charge < -0.3 is 0 Å². The minimum Gasteiger partial charge on any atom is -0.265 e. The maximum atomic E-state index is 4.09. The van der Waals surface area contributed by atoms with Gasteiger partial charge in [0.1, 0.15) is 0 Å². The molecule has 1 heterocycles. The first-order valence-corrected chi connectivity index (χ1v) is 6.58. The molecule has 1 aliphatic carbocycles. The summed E-state index contributed by atoms with van der Waals surface area (Å²) in [6.07, 6.45) is 19.0. The summed E-state index contributed by atoms with van der Waals surface area (Å²) >= 11 is 0. The fraction of sp³-hybridized carbons (Fsp3) is 0.438. The fourth-order valence-electron chi connectivity index (χ4n) is 2.55. The molecule has 1 aromatic rings. The van der Waals surface area contributed by atoms with Gasteiger partial charge in [-0.2, -0.15) is 0 Å². The van der Waals surface area contributed by atoms with Crippen LogP contribution in [0.4, 0.5) is 0 Å². The lowest BCUT2D eigenvalue weighted by Gasteiger charge is -2.31. The second-order valence-electron chi connectivity index (χ2n) is 4.99. The van der Waals surface area contributed by atoms with Crippen molar-refractivity contribution in [2.45, 2.75) is 39.0 Å². The molecule has 0 amide bonds. The van der Waals surface area contributed by atoms with Crippen LogP contribution in [-0.4, -0.2) is 4.98 Å². The van der Waals surface area contributed by atoms with Crippen molar-refractivity contribution in [3.05, 3.63) is 54.4 Å². The van der Waals surface area contributed by atoms with E-state index in [0.29, 0.717) is 5.41 Å². The molecule has 0 aliphatic heterocycles. The summed E-state index contributed by atoms with van der Waals surface area (Å²) in [5, 5.41) is 0. The molecule has 1 heteroatoms. The quantitative estimate of drug-likeness (QED) is 0.730. The van der Waals surface area contributed by atoms with Crippen molar-refractivity contribution < 1.29 is 0 Å². The molecule has 0 fully saturated rings. The van der Waals surface area contributed by atoms with E-state index >= 15 is 0 Å². The standard InChI is InChI=1S/C16H21N/c1-2-3-9-16(10-5-4-6-11-16)14-15-7-12-17-13-8-15/h4-8,10,12-13H,2-3,9,11,14H2,1H3. The molecule has 1 aromatic heterocycles. The van der Waals surface area contributed by atoms with E-state index in [1.54, 1.807) is 0 Å². The third kappa shape index (κ3) is 3.29. The Morgan fingerprint density at radius 2 is 2.06 bits per heavy atom. The Labute approximate surface area is 104 Å². The van der Waals surface area contributed by atoms with Gasteiger partial charge in [0.25, 0.3) is 0 Å². The molecule has 0 N–H and O–H groups in total. The minimum atomic E-state index is 0.339. The van der Waals surface area contributed by atoms with E-state index in [4.69, 9.17) is 0 Å². The number of allylic oxidation sites excluding steroid dienone is 4. The summed E-state index contributed by atoms with van der Waals surface area (Å²) in [7, 11) is 0. The predicted molar refractivity (Wildman–Crippen MR) is 72.8 cm³/mol. The van der Waals surface area contributed by atoms with Gasteiger partial charge in [0.05, 0.1) is 0 Å². The molecule has 1 nitrogen and oxygen atoms in total. The predicted octanol–water partition coefficient (Wildman–Crippen LogP) is 4.32. The normalized spacial score (nSPS) is 22.9. The first-order chi connectivity index (χ1) is 8.35. The monoisotopic (exact) mass is 227 g/mol. The van der Waals surface area contributed by atoms with E-state index in [9.17, 15) is 0 Å². The van der Waals surface area contributed by atoms with E-state index < -0.39 is 0 Å². The number of hydrogen-bond donors (Lipinski definition) is 0. The van der Waals surface area contributed by atoms with Gasteiger partial charge in [-0.1, -0.05) is 44.1 Å². The van der Waals surface area contributed by atoms with Crippen LogP contribution in [0, 0.1) is 5.41 Å². The Kier molecular flexibility index (Phi) is 4.13. The molecule has 0 saturated carbocycles. The second-order valence-corrected chi connectivity index (χ2v) is 4.99. The largest absolute Gasteiger partial charge is 0.265 e. The van der Waals surface area contributed by atoms with Crippen molar-refractivity contribution in [2.24, 2.45) is 5.41 Å². The molecule has 1 atom stereocenters. The van der Waals surface area contributed by atoms with Gasteiger partial charge in [0, 0.05) is 12.4 Å². The molecule has 90 valence electrons. The van der Waals surface area contributed by atoms with Crippen LogP contribution in [0.2, 0.25) is 0 Å². The smallest absolute Gasteiger partial charge is 0.0270 e. The SMILES string of the molecule is CCCCC1(Cc2ccncc2)C=CC=CC1. The third-order valence-corrected chi connectivity index (χ3v) is 3.56. The minimum absolute atomic E-state index is 0.339. The first-order valence-electron chi connectivity index (χ1n) is 6.58. The zero-order valence-electron chi connectivity index (χ0n) is 10.6. The van der Waals surface area contributed by atoms with E-state index in [1.807, 2.05) is 12.4 Å². The summed E-state index contributed by atoms with van der Waals surface area (Å²) < 4.78 is 0. The van der Waals surface area contributed by atoms with Gasteiger partial charge >= 0.3 is 0 Å². The number of aromatic nitrogens is 1. The molecule has 17 heavy (non-hydrogen) atoms. The lowest BCUT2D eigenvalue weighted by molar-refractivity contribution is 0.337. The highest BCUT2D eigenvalue weighted by Crippen LogP contribution is 2.37. The molecule has 0 bridgehead atoms. The number of rotatable bonds is 5. The lowest BCUT2D eigenvalue weighted by Crippen LogP contribution is -2.22. The van der Waals surface area contributed by atoms with Crippen LogP contribution in [0.15, 0.2) is 48.8 Å². The number of pyridine rings is 1. The van der Waals surface area contributed by atoms with Crippen LogP contribution in [0.5, 0.6) is 0 Å². The molecule has 0 saturated heterocycles. The van der Waals surface area contributed by atoms with Crippen molar-refractivity contribution in [1.29, 1.82) is 0 Å². The fourth-order valence-corrected chi connectivity index (χ4v) is 2.55. The van der Waals surface area contributed by atoms with Crippen LogP contribution in [0.3, 0.4) is 0 Å². The highest BCUT2D eigenvalue weighted by atomic mass is 14.6. The average molecular weight is 227 g/mol. The molecule has 0 spiro atoms. The summed E-state index contributed by atoms with van der Waals surface area (Å²) in [4.78, 5) is 4.09. The van der Waals surface area contributed by atoms with Crippen LogP contribution < -0.4 is 0 Å². The highest BCUT2D eigenvalue weighted by Gasteiger charge is 2.26. The Morgan fingerprint density at radius 3 is 2.71 bits per heavy atom. The number of unbranched alkanes of at least 4 members (excludes halogenated alkanes) is 1. The molecule has 2 rings (SSSR count). The Hall–Kier alpha value is -1.37. The zero-order valence-corrected chi connectivity index (χ0v) is 10.6. The molecule has 0 aromatic carbocycles. The molecule has 1 aliphatic rings. The van der Waals surface area contributed by atoms with E-state index in [1.165, 1.54) is 31.2 Å². The average Bonchev–Trinajstić information content (AvgIpc) is 2.39. The topological polar surface area (TPSA) is 12.9 Å². The molecule has 0 radical (unpaired) electrons. The van der Waals surface area contributed by atoms with Crippen LogP contribution in [0.25, 0.3) is 0 Å². The summed E-state index contributed by atoms with van der Waals surface area (Å²) in [5.74, 6) is 0. The van der Waals surface area contributed by atoms with Crippen molar-refractivity contribution in [3.8, 4) is 0 Å². The Bertz CT molecular complexity index is 391. The summed E-state index contributed by atoms with van der Waals surface area (Å²) in [5.41, 5.74) is 1.74. The van der Waals surface area contributed by atoms with E-state index in [2.05, 4.69) is 48.3 Å². The van der Waals surface area contributed by atoms with Crippen molar-refractivity contribution in [2.75, 3.05) is 0 Å². The van der Waals surface area contributed by atoms with Gasteiger partial charge in [-0.25, -0.2) is 0 Å². The summed E-state index contributed by atoms with van der Waals surface area (Å²) in [6.45, 7) is 2.27. The third-order valence-electron chi connectivity index (χ3n) is 3.56. The van der Waals surface area contributed by atoms with Crippen LogP contribution in [-0.2, 0) is 6.42 Å². The van der Waals surface area contributed by atoms with Gasteiger partial charge in [-0.15, -0.1) is 0 Å². The van der Waals surface area contributed by atoms with Gasteiger partial charge in [0.2, 0.25) is 0 Å². The molecular weight excluding hydrogens is 206 g/mol. The summed E-state index contributed by atoms with van der Waals surface area (Å²) in [6, 6.07) is 4.28. The van der Waals surface area contributed by atoms with Gasteiger partial charge in [-0.3, -0.25) is 4.98 Å². The number of hydrogen-bond acceptors (Lipinski definition) is 1. The maximum absolute atomic E-state index is 4.09. The Balaban J connectivity index is 2.11. The van der Waals surface area contributed by atoms with Crippen molar-refractivity contribution in [3.63, 3.8) is 0 Å². The zero-order chi connectivity index (χ0) is 12.0. The van der Waals surface area contributed by atoms with Gasteiger partial charge in [-0.05, 0) is 42.4 Å².